The lowest BCUT2D eigenvalue weighted by molar-refractivity contribution is -0.152. The fourth-order valence-corrected chi connectivity index (χ4v) is 5.04. The second-order valence-electron chi connectivity index (χ2n) is 10.9. The average molecular weight is 631 g/mol. The quantitative estimate of drug-likeness (QED) is 0.156. The lowest BCUT2D eigenvalue weighted by Gasteiger charge is -2.33. The number of hydrogen-bond acceptors (Lipinski definition) is 8. The molecule has 0 bridgehead atoms. The van der Waals surface area contributed by atoms with Gasteiger partial charge in [0.05, 0.1) is 7.11 Å². The van der Waals surface area contributed by atoms with Crippen LogP contribution < -0.4 is 16.0 Å². The zero-order valence-corrected chi connectivity index (χ0v) is 25.8. The van der Waals surface area contributed by atoms with E-state index in [9.17, 15) is 24.0 Å². The third-order valence-electron chi connectivity index (χ3n) is 7.48. The molecule has 1 aliphatic heterocycles. The van der Waals surface area contributed by atoms with Crippen LogP contribution in [0.15, 0.2) is 91.0 Å². The van der Waals surface area contributed by atoms with Crippen molar-refractivity contribution in [3.8, 4) is 0 Å². The number of nitrogens with one attached hydrogen (secondary N) is 3. The van der Waals surface area contributed by atoms with Crippen molar-refractivity contribution < 1.29 is 38.2 Å². The molecule has 1 heterocycles. The van der Waals surface area contributed by atoms with Gasteiger partial charge in [-0.1, -0.05) is 91.0 Å². The number of nitrogens with zero attached hydrogens (tertiary/aromatic N) is 1. The van der Waals surface area contributed by atoms with Gasteiger partial charge >= 0.3 is 18.2 Å². The Morgan fingerprint density at radius 3 is 1.74 bits per heavy atom. The molecule has 12 nitrogen and oxygen atoms in total. The SMILES string of the molecule is COC(=O)[C@@H]1CCCN1C(=O)[C@H](Cc1ccccc1)NC(=O)C(C)(NC(=O)OCc1ccccc1)NC(=O)OCc1ccccc1. The van der Waals surface area contributed by atoms with Gasteiger partial charge in [0, 0.05) is 13.0 Å². The molecule has 1 fully saturated rings. The van der Waals surface area contributed by atoms with Crippen molar-refractivity contribution in [1.82, 2.24) is 20.9 Å². The summed E-state index contributed by atoms with van der Waals surface area (Å²) in [5.41, 5.74) is 0.0301. The van der Waals surface area contributed by atoms with Gasteiger partial charge in [-0.2, -0.15) is 0 Å². The summed E-state index contributed by atoms with van der Waals surface area (Å²) in [7, 11) is 1.25. The Morgan fingerprint density at radius 2 is 1.26 bits per heavy atom. The predicted octanol–water partition coefficient (Wildman–Crippen LogP) is 3.45. The van der Waals surface area contributed by atoms with E-state index in [1.165, 1.54) is 18.9 Å². The van der Waals surface area contributed by atoms with Crippen molar-refractivity contribution in [3.05, 3.63) is 108 Å². The van der Waals surface area contributed by atoms with E-state index in [0.29, 0.717) is 30.5 Å². The monoisotopic (exact) mass is 630 g/mol. The minimum absolute atomic E-state index is 0.0722. The molecule has 12 heteroatoms. The predicted molar refractivity (Wildman–Crippen MR) is 167 cm³/mol. The highest BCUT2D eigenvalue weighted by Gasteiger charge is 2.43. The maximum atomic E-state index is 14.0. The Hall–Kier alpha value is -5.39. The molecule has 0 spiro atoms. The maximum absolute atomic E-state index is 14.0. The number of benzene rings is 3. The molecule has 2 atom stereocenters. The average Bonchev–Trinajstić information content (AvgIpc) is 3.57. The lowest BCUT2D eigenvalue weighted by Crippen LogP contribution is -2.68. The van der Waals surface area contributed by atoms with Crippen molar-refractivity contribution in [1.29, 1.82) is 0 Å². The van der Waals surface area contributed by atoms with E-state index in [1.807, 2.05) is 18.2 Å². The molecular formula is C34H38N4O8. The molecule has 242 valence electrons. The van der Waals surface area contributed by atoms with Gasteiger partial charge in [0.15, 0.2) is 5.66 Å². The summed E-state index contributed by atoms with van der Waals surface area (Å²) in [6.07, 6.45) is -0.921. The Labute approximate surface area is 267 Å². The molecule has 1 aliphatic rings. The molecular weight excluding hydrogens is 592 g/mol. The van der Waals surface area contributed by atoms with Crippen molar-refractivity contribution in [2.24, 2.45) is 0 Å². The van der Waals surface area contributed by atoms with Gasteiger partial charge in [-0.15, -0.1) is 0 Å². The maximum Gasteiger partial charge on any atom is 0.409 e. The number of esters is 1. The molecule has 0 aliphatic carbocycles. The molecule has 0 radical (unpaired) electrons. The normalized spacial score (nSPS) is 14.8. The van der Waals surface area contributed by atoms with Gasteiger partial charge in [0.1, 0.15) is 25.3 Å². The lowest BCUT2D eigenvalue weighted by atomic mass is 10.0. The first kappa shape index (κ1) is 33.5. The highest BCUT2D eigenvalue weighted by Crippen LogP contribution is 2.21. The van der Waals surface area contributed by atoms with Crippen molar-refractivity contribution in [2.45, 2.75) is 57.1 Å². The minimum atomic E-state index is -2.12. The Balaban J connectivity index is 1.55. The van der Waals surface area contributed by atoms with Crippen LogP contribution >= 0.6 is 0 Å². The molecule has 4 amide bonds. The van der Waals surface area contributed by atoms with E-state index in [-0.39, 0.29) is 19.6 Å². The van der Waals surface area contributed by atoms with E-state index in [4.69, 9.17) is 14.2 Å². The van der Waals surface area contributed by atoms with Gasteiger partial charge in [-0.05, 0) is 36.5 Å². The first-order chi connectivity index (χ1) is 22.2. The molecule has 3 aromatic carbocycles. The number of carbonyl (C=O) groups is 5. The largest absolute Gasteiger partial charge is 0.467 e. The topological polar surface area (TPSA) is 152 Å². The fourth-order valence-electron chi connectivity index (χ4n) is 5.04. The van der Waals surface area contributed by atoms with Gasteiger partial charge in [-0.3, -0.25) is 20.2 Å². The summed E-state index contributed by atoms with van der Waals surface area (Å²) in [4.78, 5) is 67.5. The van der Waals surface area contributed by atoms with Gasteiger partial charge in [-0.25, -0.2) is 14.4 Å². The molecule has 0 aromatic heterocycles. The summed E-state index contributed by atoms with van der Waals surface area (Å²) in [5, 5.41) is 7.54. The number of amides is 4. The Kier molecular flexibility index (Phi) is 11.7. The highest BCUT2D eigenvalue weighted by atomic mass is 16.6. The number of ether oxygens (including phenoxy) is 3. The number of rotatable bonds is 12. The third kappa shape index (κ3) is 9.31. The van der Waals surface area contributed by atoms with Crippen molar-refractivity contribution in [3.63, 3.8) is 0 Å². The van der Waals surface area contributed by atoms with Gasteiger partial charge in [0.2, 0.25) is 5.91 Å². The van der Waals surface area contributed by atoms with Crippen LogP contribution in [0.3, 0.4) is 0 Å². The summed E-state index contributed by atoms with van der Waals surface area (Å²) in [5.74, 6) is -1.97. The van der Waals surface area contributed by atoms with E-state index >= 15 is 0 Å². The first-order valence-electron chi connectivity index (χ1n) is 14.9. The molecule has 4 rings (SSSR count). The summed E-state index contributed by atoms with van der Waals surface area (Å²) in [6, 6.07) is 24.9. The number of methoxy groups -OCH3 is 1. The van der Waals surface area contributed by atoms with E-state index in [0.717, 1.165) is 5.56 Å². The molecule has 46 heavy (non-hydrogen) atoms. The minimum Gasteiger partial charge on any atom is -0.467 e. The van der Waals surface area contributed by atoms with E-state index in [2.05, 4.69) is 16.0 Å². The van der Waals surface area contributed by atoms with Crippen LogP contribution in [-0.4, -0.2) is 66.3 Å². The molecule has 3 aromatic rings. The van der Waals surface area contributed by atoms with Crippen LogP contribution in [0.1, 0.15) is 36.5 Å². The molecule has 0 saturated carbocycles. The zero-order chi connectivity index (χ0) is 32.9. The van der Waals surface area contributed by atoms with Crippen LogP contribution in [0.2, 0.25) is 0 Å². The van der Waals surface area contributed by atoms with Crippen LogP contribution in [0, 0.1) is 0 Å². The van der Waals surface area contributed by atoms with E-state index < -0.39 is 47.7 Å². The summed E-state index contributed by atoms with van der Waals surface area (Å²) in [6.45, 7) is 1.36. The van der Waals surface area contributed by atoms with Crippen LogP contribution in [-0.2, 0) is 48.2 Å². The number of likely N-dealkylation sites (tertiary alicyclic amines) is 1. The summed E-state index contributed by atoms with van der Waals surface area (Å²) < 4.78 is 15.5. The van der Waals surface area contributed by atoms with Crippen LogP contribution in [0.5, 0.6) is 0 Å². The van der Waals surface area contributed by atoms with Crippen molar-refractivity contribution >= 4 is 30.0 Å². The van der Waals surface area contributed by atoms with Gasteiger partial charge in [0.25, 0.3) is 5.91 Å². The second kappa shape index (κ2) is 16.1. The molecule has 3 N–H and O–H groups in total. The second-order valence-corrected chi connectivity index (χ2v) is 10.9. The highest BCUT2D eigenvalue weighted by molar-refractivity contribution is 5.96. The molecule has 1 saturated heterocycles. The third-order valence-corrected chi connectivity index (χ3v) is 7.48. The fraction of sp³-hybridized carbons (Fsp3) is 0.324. The van der Waals surface area contributed by atoms with Gasteiger partial charge < -0.3 is 24.4 Å². The number of hydrogen-bond donors (Lipinski definition) is 3. The number of carbonyl (C=O) groups excluding carboxylic acids is 5. The smallest absolute Gasteiger partial charge is 0.409 e. The Bertz CT molecular complexity index is 1430. The number of alkyl carbamates (subject to hydrolysis) is 2. The van der Waals surface area contributed by atoms with E-state index in [1.54, 1.807) is 72.8 Å². The summed E-state index contributed by atoms with van der Waals surface area (Å²) >= 11 is 0. The van der Waals surface area contributed by atoms with Crippen LogP contribution in [0.25, 0.3) is 0 Å². The van der Waals surface area contributed by atoms with Crippen molar-refractivity contribution in [2.75, 3.05) is 13.7 Å². The first-order valence-corrected chi connectivity index (χ1v) is 14.9. The zero-order valence-electron chi connectivity index (χ0n) is 25.8. The standard InChI is InChI=1S/C34H38N4O8/c1-34(36-32(42)45-22-25-15-8-4-9-16-25,37-33(43)46-23-26-17-10-5-11-18-26)31(41)35-27(21-24-13-6-3-7-14-24)29(39)38-20-12-19-28(38)30(40)44-2/h3-11,13-18,27-28H,12,19-23H2,1-2H3,(H,35,41)(H,36,42)(H,37,43)/t27-,28-/m0/s1. The van der Waals surface area contributed by atoms with Crippen LogP contribution in [0.4, 0.5) is 9.59 Å². The molecule has 0 unspecified atom stereocenters. The Morgan fingerprint density at radius 1 is 0.783 bits per heavy atom.